The number of pyridine rings is 1. The van der Waals surface area contributed by atoms with E-state index in [9.17, 15) is 14.3 Å². The van der Waals surface area contributed by atoms with Gasteiger partial charge in [-0.1, -0.05) is 19.9 Å². The summed E-state index contributed by atoms with van der Waals surface area (Å²) in [4.78, 5) is 23.1. The first-order valence-corrected chi connectivity index (χ1v) is 13.0. The monoisotopic (exact) mass is 527 g/mol. The lowest BCUT2D eigenvalue weighted by atomic mass is 10.0. The van der Waals surface area contributed by atoms with Crippen LogP contribution in [0.5, 0.6) is 5.75 Å². The van der Waals surface area contributed by atoms with Gasteiger partial charge in [-0.3, -0.25) is 0 Å². The molecule has 3 aromatic heterocycles. The van der Waals surface area contributed by atoms with Crippen molar-refractivity contribution in [1.29, 1.82) is 0 Å². The third kappa shape index (κ3) is 6.07. The fraction of sp³-hybridized carbons (Fsp3) is 0.269. The Morgan fingerprint density at radius 1 is 1.19 bits per heavy atom. The van der Waals surface area contributed by atoms with E-state index in [1.165, 1.54) is 28.7 Å². The molecule has 0 saturated carbocycles. The van der Waals surface area contributed by atoms with Crippen LogP contribution < -0.4 is 10.1 Å². The van der Waals surface area contributed by atoms with Crippen LogP contribution in [0, 0.1) is 11.7 Å². The van der Waals surface area contributed by atoms with Crippen molar-refractivity contribution in [2.24, 2.45) is 5.92 Å². The standard InChI is InChI=1S/C26H26FN3O4S2/c1-15(2)11-22-23(16-6-7-19(27)20(13-16)34-9-8-33-3)29-26(36-22)30-24-18(25(31)32)12-17(14-28-24)21-5-4-10-35-21/h4-7,10,12-15H,8-9,11H2,1-3H3,(H,31,32)(H,28,29,30). The molecule has 0 aliphatic carbocycles. The van der Waals surface area contributed by atoms with Gasteiger partial charge in [0.05, 0.1) is 12.3 Å². The van der Waals surface area contributed by atoms with Crippen molar-refractivity contribution in [2.75, 3.05) is 25.6 Å². The zero-order valence-electron chi connectivity index (χ0n) is 20.1. The number of rotatable bonds is 11. The SMILES string of the molecule is COCCOc1cc(-c2nc(Nc3ncc(-c4cccs4)cc3C(=O)O)sc2CC(C)C)ccc1F. The number of thiophene rings is 1. The van der Waals surface area contributed by atoms with Gasteiger partial charge in [0.2, 0.25) is 0 Å². The number of thiazole rings is 1. The van der Waals surface area contributed by atoms with Crippen molar-refractivity contribution < 1.29 is 23.8 Å². The quantitative estimate of drug-likeness (QED) is 0.209. The van der Waals surface area contributed by atoms with Gasteiger partial charge in [0.1, 0.15) is 18.0 Å². The van der Waals surface area contributed by atoms with E-state index in [4.69, 9.17) is 14.5 Å². The maximum atomic E-state index is 14.3. The number of nitrogens with zero attached hydrogens (tertiary/aromatic N) is 2. The maximum Gasteiger partial charge on any atom is 0.339 e. The number of benzene rings is 1. The van der Waals surface area contributed by atoms with Crippen LogP contribution in [0.15, 0.2) is 48.0 Å². The summed E-state index contributed by atoms with van der Waals surface area (Å²) in [5.41, 5.74) is 2.20. The van der Waals surface area contributed by atoms with Crippen LogP contribution in [0.1, 0.15) is 29.1 Å². The average Bonchev–Trinajstić information content (AvgIpc) is 3.51. The molecule has 10 heteroatoms. The van der Waals surface area contributed by atoms with E-state index in [0.717, 1.165) is 21.7 Å². The highest BCUT2D eigenvalue weighted by Gasteiger charge is 2.20. The normalized spacial score (nSPS) is 11.1. The molecule has 7 nitrogen and oxygen atoms in total. The zero-order valence-corrected chi connectivity index (χ0v) is 21.7. The van der Waals surface area contributed by atoms with Crippen LogP contribution in [0.4, 0.5) is 15.3 Å². The molecule has 0 radical (unpaired) electrons. The highest BCUT2D eigenvalue weighted by molar-refractivity contribution is 7.16. The number of ether oxygens (including phenoxy) is 2. The first kappa shape index (κ1) is 25.7. The zero-order chi connectivity index (χ0) is 25.7. The molecule has 36 heavy (non-hydrogen) atoms. The number of carboxylic acid groups (broad SMARTS) is 1. The lowest BCUT2D eigenvalue weighted by molar-refractivity contribution is 0.0697. The Labute approximate surface area is 216 Å². The van der Waals surface area contributed by atoms with Crippen LogP contribution in [0.2, 0.25) is 0 Å². The van der Waals surface area contributed by atoms with Crippen molar-refractivity contribution in [3.05, 3.63) is 64.2 Å². The van der Waals surface area contributed by atoms with Crippen molar-refractivity contribution in [3.8, 4) is 27.4 Å². The summed E-state index contributed by atoms with van der Waals surface area (Å²) >= 11 is 2.94. The van der Waals surface area contributed by atoms with Crippen LogP contribution in [-0.2, 0) is 11.2 Å². The summed E-state index contributed by atoms with van der Waals surface area (Å²) in [6, 6.07) is 10.1. The van der Waals surface area contributed by atoms with Gasteiger partial charge in [-0.2, -0.15) is 0 Å². The van der Waals surface area contributed by atoms with Crippen molar-refractivity contribution in [3.63, 3.8) is 0 Å². The fourth-order valence-corrected chi connectivity index (χ4v) is 5.45. The summed E-state index contributed by atoms with van der Waals surface area (Å²) in [5.74, 6) is -0.856. The number of hydrogen-bond acceptors (Lipinski definition) is 8. The largest absolute Gasteiger partial charge is 0.488 e. The number of nitrogens with one attached hydrogen (secondary N) is 1. The Balaban J connectivity index is 1.68. The highest BCUT2D eigenvalue weighted by Crippen LogP contribution is 2.37. The molecule has 0 atom stereocenters. The van der Waals surface area contributed by atoms with E-state index in [1.54, 1.807) is 31.5 Å². The van der Waals surface area contributed by atoms with Gasteiger partial charge >= 0.3 is 5.97 Å². The number of carbonyl (C=O) groups is 1. The number of hydrogen-bond donors (Lipinski definition) is 2. The molecule has 188 valence electrons. The molecule has 1 aromatic carbocycles. The van der Waals surface area contributed by atoms with Gasteiger partial charge in [0.25, 0.3) is 0 Å². The van der Waals surface area contributed by atoms with Crippen molar-refractivity contribution >= 4 is 39.6 Å². The van der Waals surface area contributed by atoms with Gasteiger partial charge in [-0.05, 0) is 48.1 Å². The van der Waals surface area contributed by atoms with Gasteiger partial charge < -0.3 is 19.9 Å². The van der Waals surface area contributed by atoms with E-state index in [1.807, 2.05) is 17.5 Å². The smallest absolute Gasteiger partial charge is 0.339 e. The Hall–Kier alpha value is -3.34. The predicted octanol–water partition coefficient (Wildman–Crippen LogP) is 6.74. The molecular weight excluding hydrogens is 501 g/mol. The summed E-state index contributed by atoms with van der Waals surface area (Å²) < 4.78 is 24.8. The molecule has 0 fully saturated rings. The topological polar surface area (TPSA) is 93.6 Å². The number of carboxylic acids is 1. The van der Waals surface area contributed by atoms with Gasteiger partial charge in [0, 0.05) is 34.2 Å². The van der Waals surface area contributed by atoms with Crippen LogP contribution in [0.25, 0.3) is 21.7 Å². The molecule has 0 aliphatic heterocycles. The van der Waals surface area contributed by atoms with E-state index >= 15 is 0 Å². The van der Waals surface area contributed by atoms with E-state index in [0.29, 0.717) is 28.9 Å². The molecule has 0 aliphatic rings. The van der Waals surface area contributed by atoms with Gasteiger partial charge in [-0.25, -0.2) is 19.2 Å². The molecule has 0 unspecified atom stereocenters. The predicted molar refractivity (Wildman–Crippen MR) is 141 cm³/mol. The van der Waals surface area contributed by atoms with Crippen LogP contribution in [-0.4, -0.2) is 41.4 Å². The third-order valence-electron chi connectivity index (χ3n) is 5.19. The second kappa shape index (κ2) is 11.6. The minimum atomic E-state index is -1.08. The maximum absolute atomic E-state index is 14.3. The number of methoxy groups -OCH3 is 1. The number of anilines is 2. The Kier molecular flexibility index (Phi) is 8.29. The Bertz CT molecular complexity index is 1340. The Morgan fingerprint density at radius 3 is 2.72 bits per heavy atom. The molecule has 0 saturated heterocycles. The minimum absolute atomic E-state index is 0.0543. The summed E-state index contributed by atoms with van der Waals surface area (Å²) in [5, 5.41) is 15.3. The van der Waals surface area contributed by atoms with Crippen LogP contribution >= 0.6 is 22.7 Å². The number of aromatic nitrogens is 2. The first-order valence-electron chi connectivity index (χ1n) is 11.3. The summed E-state index contributed by atoms with van der Waals surface area (Å²) in [6.07, 6.45) is 2.40. The lowest BCUT2D eigenvalue weighted by Crippen LogP contribution is -2.05. The molecule has 2 N–H and O–H groups in total. The second-order valence-electron chi connectivity index (χ2n) is 8.40. The Morgan fingerprint density at radius 2 is 2.03 bits per heavy atom. The molecule has 0 spiro atoms. The fourth-order valence-electron chi connectivity index (χ4n) is 3.54. The number of halogens is 1. The van der Waals surface area contributed by atoms with E-state index in [-0.39, 0.29) is 23.7 Å². The third-order valence-corrected chi connectivity index (χ3v) is 7.10. The molecular formula is C26H26FN3O4S2. The summed E-state index contributed by atoms with van der Waals surface area (Å²) in [6.45, 7) is 4.78. The average molecular weight is 528 g/mol. The summed E-state index contributed by atoms with van der Waals surface area (Å²) in [7, 11) is 1.55. The molecule has 4 aromatic rings. The molecule has 4 rings (SSSR count). The van der Waals surface area contributed by atoms with E-state index < -0.39 is 11.8 Å². The van der Waals surface area contributed by atoms with Crippen molar-refractivity contribution in [1.82, 2.24) is 9.97 Å². The lowest BCUT2D eigenvalue weighted by Gasteiger charge is -2.09. The molecule has 3 heterocycles. The van der Waals surface area contributed by atoms with Crippen molar-refractivity contribution in [2.45, 2.75) is 20.3 Å². The molecule has 0 amide bonds. The van der Waals surface area contributed by atoms with Gasteiger partial charge in [-0.15, -0.1) is 22.7 Å². The van der Waals surface area contributed by atoms with Crippen LogP contribution in [0.3, 0.4) is 0 Å². The molecule has 0 bridgehead atoms. The second-order valence-corrected chi connectivity index (χ2v) is 10.4. The van der Waals surface area contributed by atoms with Gasteiger partial charge in [0.15, 0.2) is 16.7 Å². The highest BCUT2D eigenvalue weighted by atomic mass is 32.1. The van der Waals surface area contributed by atoms with E-state index in [2.05, 4.69) is 24.1 Å². The number of aromatic carboxylic acids is 1. The minimum Gasteiger partial charge on any atom is -0.488 e. The first-order chi connectivity index (χ1) is 17.4.